The number of carbonyl (C=O) groups excluding carboxylic acids is 2. The number of methoxy groups -OCH3 is 1. The van der Waals surface area contributed by atoms with Gasteiger partial charge in [0.05, 0.1) is 17.9 Å². The molecule has 1 fully saturated rings. The van der Waals surface area contributed by atoms with Gasteiger partial charge < -0.3 is 10.1 Å². The van der Waals surface area contributed by atoms with Crippen molar-refractivity contribution in [2.24, 2.45) is 5.41 Å². The first-order valence-electron chi connectivity index (χ1n) is 6.01. The molecule has 1 amide bonds. The summed E-state index contributed by atoms with van der Waals surface area (Å²) >= 11 is 3.13. The molecule has 0 atom stereocenters. The molecule has 5 heteroatoms. The Morgan fingerprint density at radius 2 is 2.00 bits per heavy atom. The molecule has 0 bridgehead atoms. The van der Waals surface area contributed by atoms with E-state index in [1.165, 1.54) is 7.11 Å². The Balaban J connectivity index is 2.53. The van der Waals surface area contributed by atoms with Crippen LogP contribution < -0.4 is 5.32 Å². The number of amides is 1. The van der Waals surface area contributed by atoms with Gasteiger partial charge in [-0.25, -0.2) is 0 Å². The molecule has 98 valence electrons. The van der Waals surface area contributed by atoms with Crippen LogP contribution in [0.25, 0.3) is 0 Å². The van der Waals surface area contributed by atoms with E-state index >= 15 is 0 Å². The second kappa shape index (κ2) is 6.38. The molecule has 0 saturated heterocycles. The van der Waals surface area contributed by atoms with Crippen LogP contribution in [0.5, 0.6) is 0 Å². The minimum Gasteiger partial charge on any atom is -0.469 e. The Morgan fingerprint density at radius 1 is 1.41 bits per heavy atom. The van der Waals surface area contributed by atoms with Gasteiger partial charge >= 0.3 is 5.97 Å². The van der Waals surface area contributed by atoms with Gasteiger partial charge in [0.2, 0.25) is 5.91 Å². The highest BCUT2D eigenvalue weighted by Crippen LogP contribution is 2.40. The molecule has 17 heavy (non-hydrogen) atoms. The standard InChI is InChI=1S/C12H20BrNO3/c1-3-12(11(16)17-2)6-4-9(5-7-12)14-10(15)8-13/h9H,3-8H2,1-2H3,(H,14,15). The van der Waals surface area contributed by atoms with E-state index in [0.29, 0.717) is 5.33 Å². The summed E-state index contributed by atoms with van der Waals surface area (Å²) in [7, 11) is 1.44. The number of carbonyl (C=O) groups is 2. The van der Waals surface area contributed by atoms with Gasteiger partial charge in [0.15, 0.2) is 0 Å². The first-order valence-corrected chi connectivity index (χ1v) is 7.14. The average molecular weight is 306 g/mol. The molecule has 1 saturated carbocycles. The van der Waals surface area contributed by atoms with Gasteiger partial charge in [-0.3, -0.25) is 9.59 Å². The van der Waals surface area contributed by atoms with E-state index in [4.69, 9.17) is 4.74 Å². The highest BCUT2D eigenvalue weighted by atomic mass is 79.9. The third-order valence-electron chi connectivity index (χ3n) is 3.72. The SMILES string of the molecule is CCC1(C(=O)OC)CCC(NC(=O)CBr)CC1. The summed E-state index contributed by atoms with van der Waals surface area (Å²) in [5.74, 6) is -0.0951. The van der Waals surface area contributed by atoms with Crippen molar-refractivity contribution < 1.29 is 14.3 Å². The van der Waals surface area contributed by atoms with Crippen LogP contribution in [-0.2, 0) is 14.3 Å². The summed E-state index contributed by atoms with van der Waals surface area (Å²) in [6.45, 7) is 2.02. The molecule has 1 rings (SSSR count). The molecule has 0 aromatic heterocycles. The van der Waals surface area contributed by atoms with Crippen LogP contribution in [0.2, 0.25) is 0 Å². The lowest BCUT2D eigenvalue weighted by atomic mass is 9.71. The molecule has 0 aromatic rings. The summed E-state index contributed by atoms with van der Waals surface area (Å²) in [5, 5.41) is 3.28. The van der Waals surface area contributed by atoms with Crippen LogP contribution in [0.3, 0.4) is 0 Å². The smallest absolute Gasteiger partial charge is 0.311 e. The monoisotopic (exact) mass is 305 g/mol. The van der Waals surface area contributed by atoms with Gasteiger partial charge in [0, 0.05) is 6.04 Å². The fourth-order valence-corrected chi connectivity index (χ4v) is 2.66. The normalized spacial score (nSPS) is 28.5. The van der Waals surface area contributed by atoms with E-state index in [1.807, 2.05) is 6.92 Å². The van der Waals surface area contributed by atoms with Crippen molar-refractivity contribution in [3.63, 3.8) is 0 Å². The molecular formula is C12H20BrNO3. The van der Waals surface area contributed by atoms with Crippen molar-refractivity contribution in [1.82, 2.24) is 5.32 Å². The molecule has 1 N–H and O–H groups in total. The highest BCUT2D eigenvalue weighted by molar-refractivity contribution is 9.09. The zero-order valence-corrected chi connectivity index (χ0v) is 12.0. The third kappa shape index (κ3) is 3.44. The molecule has 0 heterocycles. The number of ether oxygens (including phenoxy) is 1. The zero-order chi connectivity index (χ0) is 12.9. The van der Waals surface area contributed by atoms with Crippen molar-refractivity contribution >= 4 is 27.8 Å². The van der Waals surface area contributed by atoms with Crippen molar-refractivity contribution in [3.05, 3.63) is 0 Å². The molecule has 4 nitrogen and oxygen atoms in total. The number of alkyl halides is 1. The fraction of sp³-hybridized carbons (Fsp3) is 0.833. The highest BCUT2D eigenvalue weighted by Gasteiger charge is 2.41. The first-order chi connectivity index (χ1) is 8.07. The van der Waals surface area contributed by atoms with Crippen molar-refractivity contribution in [2.45, 2.75) is 45.1 Å². The summed E-state index contributed by atoms with van der Waals surface area (Å²) < 4.78 is 4.89. The van der Waals surface area contributed by atoms with E-state index in [0.717, 1.165) is 32.1 Å². The Hall–Kier alpha value is -0.580. The van der Waals surface area contributed by atoms with Crippen LogP contribution in [0.4, 0.5) is 0 Å². The number of nitrogens with one attached hydrogen (secondary N) is 1. The Labute approximate surface area is 111 Å². The predicted molar refractivity (Wildman–Crippen MR) is 68.9 cm³/mol. The molecule has 0 aliphatic heterocycles. The van der Waals surface area contributed by atoms with Gasteiger partial charge in [0.25, 0.3) is 0 Å². The zero-order valence-electron chi connectivity index (χ0n) is 10.4. The van der Waals surface area contributed by atoms with Crippen molar-refractivity contribution in [2.75, 3.05) is 12.4 Å². The van der Waals surface area contributed by atoms with Crippen LogP contribution in [0, 0.1) is 5.41 Å². The minimum atomic E-state index is -0.329. The lowest BCUT2D eigenvalue weighted by Gasteiger charge is -2.37. The maximum Gasteiger partial charge on any atom is 0.311 e. The van der Waals surface area contributed by atoms with E-state index < -0.39 is 0 Å². The maximum atomic E-state index is 11.8. The van der Waals surface area contributed by atoms with Crippen LogP contribution in [-0.4, -0.2) is 30.4 Å². The number of hydrogen-bond donors (Lipinski definition) is 1. The minimum absolute atomic E-state index is 0.0112. The second-order valence-electron chi connectivity index (χ2n) is 4.60. The average Bonchev–Trinajstić information content (AvgIpc) is 2.38. The molecule has 1 aliphatic rings. The number of hydrogen-bond acceptors (Lipinski definition) is 3. The topological polar surface area (TPSA) is 55.4 Å². The third-order valence-corrected chi connectivity index (χ3v) is 4.23. The molecule has 0 aromatic carbocycles. The fourth-order valence-electron chi connectivity index (χ4n) is 2.50. The van der Waals surface area contributed by atoms with Crippen LogP contribution >= 0.6 is 15.9 Å². The number of rotatable bonds is 4. The van der Waals surface area contributed by atoms with E-state index in [9.17, 15) is 9.59 Å². The van der Waals surface area contributed by atoms with Gasteiger partial charge in [-0.1, -0.05) is 22.9 Å². The Bertz CT molecular complexity index is 285. The molecule has 0 radical (unpaired) electrons. The van der Waals surface area contributed by atoms with Gasteiger partial charge in [-0.05, 0) is 32.1 Å². The Morgan fingerprint density at radius 3 is 2.41 bits per heavy atom. The molecular weight excluding hydrogens is 286 g/mol. The first kappa shape index (κ1) is 14.5. The molecule has 0 unspecified atom stereocenters. The van der Waals surface area contributed by atoms with E-state index in [2.05, 4.69) is 21.2 Å². The van der Waals surface area contributed by atoms with Crippen LogP contribution in [0.15, 0.2) is 0 Å². The van der Waals surface area contributed by atoms with Crippen molar-refractivity contribution in [1.29, 1.82) is 0 Å². The summed E-state index contributed by atoms with van der Waals surface area (Å²) in [5.41, 5.74) is -0.329. The van der Waals surface area contributed by atoms with E-state index in [1.54, 1.807) is 0 Å². The van der Waals surface area contributed by atoms with Gasteiger partial charge in [-0.2, -0.15) is 0 Å². The summed E-state index contributed by atoms with van der Waals surface area (Å²) in [6.07, 6.45) is 4.09. The lowest BCUT2D eigenvalue weighted by Crippen LogP contribution is -2.44. The number of halogens is 1. The maximum absolute atomic E-state index is 11.8. The Kier molecular flexibility index (Phi) is 5.43. The number of esters is 1. The predicted octanol–water partition coefficient (Wildman–Crippen LogP) is 2.01. The molecule has 0 spiro atoms. The lowest BCUT2D eigenvalue weighted by molar-refractivity contribution is -0.155. The largest absolute Gasteiger partial charge is 0.469 e. The van der Waals surface area contributed by atoms with E-state index in [-0.39, 0.29) is 23.3 Å². The summed E-state index contributed by atoms with van der Waals surface area (Å²) in [4.78, 5) is 23.0. The molecule has 1 aliphatic carbocycles. The van der Waals surface area contributed by atoms with Gasteiger partial charge in [-0.15, -0.1) is 0 Å². The van der Waals surface area contributed by atoms with Gasteiger partial charge in [0.1, 0.15) is 0 Å². The summed E-state index contributed by atoms with van der Waals surface area (Å²) in [6, 6.07) is 0.199. The van der Waals surface area contributed by atoms with Crippen molar-refractivity contribution in [3.8, 4) is 0 Å². The quantitative estimate of drug-likeness (QED) is 0.638. The second-order valence-corrected chi connectivity index (χ2v) is 5.16. The van der Waals surface area contributed by atoms with Crippen LogP contribution in [0.1, 0.15) is 39.0 Å².